The van der Waals surface area contributed by atoms with Gasteiger partial charge < -0.3 is 20.3 Å². The molecule has 0 aliphatic heterocycles. The van der Waals surface area contributed by atoms with Gasteiger partial charge in [-0.15, -0.1) is 0 Å². The van der Waals surface area contributed by atoms with Crippen molar-refractivity contribution in [1.82, 2.24) is 0 Å². The molecule has 1 unspecified atom stereocenters. The van der Waals surface area contributed by atoms with Crippen LogP contribution in [0, 0.1) is 0 Å². The summed E-state index contributed by atoms with van der Waals surface area (Å²) in [6.07, 6.45) is 1.23. The maximum Gasteiger partial charge on any atom is 0.309 e. The lowest BCUT2D eigenvalue weighted by Crippen LogP contribution is -2.41. The molecule has 0 fully saturated rings. The van der Waals surface area contributed by atoms with Crippen molar-refractivity contribution in [2.75, 3.05) is 6.54 Å². The molecule has 0 heterocycles. The molecule has 5 nitrogen and oxygen atoms in total. The zero-order valence-corrected chi connectivity index (χ0v) is 15.2. The second kappa shape index (κ2) is 7.54. The molecule has 0 aliphatic carbocycles. The van der Waals surface area contributed by atoms with Gasteiger partial charge in [0.05, 0.1) is 6.10 Å². The van der Waals surface area contributed by atoms with Crippen molar-refractivity contribution >= 4 is 22.6 Å². The number of carbonyl (C=O) groups is 1. The van der Waals surface area contributed by atoms with Crippen molar-refractivity contribution in [3.63, 3.8) is 0 Å². The lowest BCUT2D eigenvalue weighted by atomic mass is 10.1. The fraction of sp³-hybridized carbons (Fsp3) is 0.917. The summed E-state index contributed by atoms with van der Waals surface area (Å²) in [7, 11) is -3.47. The van der Waals surface area contributed by atoms with E-state index in [1.165, 1.54) is 0 Å². The summed E-state index contributed by atoms with van der Waals surface area (Å²) in [6, 6.07) is -0.578. The van der Waals surface area contributed by atoms with Gasteiger partial charge in [-0.3, -0.25) is 4.79 Å². The SMILES string of the molecule is C[Si](C)(C)OC(=O)C(N)CC[C@H](CN)O[Si](C)(C)C. The first-order valence-electron chi connectivity index (χ1n) is 6.81. The van der Waals surface area contributed by atoms with Crippen LogP contribution in [0.4, 0.5) is 0 Å². The van der Waals surface area contributed by atoms with Crippen LogP contribution in [-0.4, -0.2) is 41.3 Å². The van der Waals surface area contributed by atoms with E-state index in [0.29, 0.717) is 19.4 Å². The third-order valence-corrected chi connectivity index (χ3v) is 4.15. The average Bonchev–Trinajstić information content (AvgIpc) is 2.19. The van der Waals surface area contributed by atoms with Gasteiger partial charge in [0, 0.05) is 6.54 Å². The van der Waals surface area contributed by atoms with Crippen LogP contribution in [0.2, 0.25) is 39.3 Å². The van der Waals surface area contributed by atoms with Crippen LogP contribution in [0.3, 0.4) is 0 Å². The van der Waals surface area contributed by atoms with Gasteiger partial charge in [0.25, 0.3) is 0 Å². The molecule has 0 spiro atoms. The highest BCUT2D eigenvalue weighted by Gasteiger charge is 2.26. The zero-order chi connectivity index (χ0) is 15.3. The van der Waals surface area contributed by atoms with Crippen LogP contribution in [0.15, 0.2) is 0 Å². The first-order chi connectivity index (χ1) is 8.44. The van der Waals surface area contributed by atoms with Crippen molar-refractivity contribution < 1.29 is 13.6 Å². The topological polar surface area (TPSA) is 87.6 Å². The van der Waals surface area contributed by atoms with Crippen molar-refractivity contribution in [2.24, 2.45) is 11.5 Å². The van der Waals surface area contributed by atoms with Gasteiger partial charge >= 0.3 is 5.97 Å². The van der Waals surface area contributed by atoms with Crippen LogP contribution in [0.5, 0.6) is 0 Å². The summed E-state index contributed by atoms with van der Waals surface area (Å²) < 4.78 is 11.3. The highest BCUT2D eigenvalue weighted by molar-refractivity contribution is 6.71. The first-order valence-corrected chi connectivity index (χ1v) is 13.6. The second-order valence-corrected chi connectivity index (χ2v) is 15.7. The van der Waals surface area contributed by atoms with Crippen LogP contribution in [0.25, 0.3) is 0 Å². The van der Waals surface area contributed by atoms with Crippen molar-refractivity contribution in [3.8, 4) is 0 Å². The Bertz CT molecular complexity index is 288. The van der Waals surface area contributed by atoms with Crippen molar-refractivity contribution in [1.29, 1.82) is 0 Å². The van der Waals surface area contributed by atoms with Crippen LogP contribution in [0.1, 0.15) is 12.8 Å². The highest BCUT2D eigenvalue weighted by atomic mass is 28.4. The average molecular weight is 307 g/mol. The van der Waals surface area contributed by atoms with Gasteiger partial charge in [0.1, 0.15) is 6.04 Å². The summed E-state index contributed by atoms with van der Waals surface area (Å²) in [4.78, 5) is 11.8. The monoisotopic (exact) mass is 306 g/mol. The minimum absolute atomic E-state index is 0.0163. The van der Waals surface area contributed by atoms with Crippen LogP contribution >= 0.6 is 0 Å². The Morgan fingerprint density at radius 2 is 1.58 bits per heavy atom. The molecule has 0 bridgehead atoms. The first kappa shape index (κ1) is 18.8. The molecular weight excluding hydrogens is 276 g/mol. The van der Waals surface area contributed by atoms with E-state index >= 15 is 0 Å². The molecule has 7 heteroatoms. The van der Waals surface area contributed by atoms with Gasteiger partial charge in [-0.25, -0.2) is 0 Å². The minimum atomic E-state index is -1.86. The Labute approximate surface area is 119 Å². The fourth-order valence-electron chi connectivity index (χ4n) is 1.59. The van der Waals surface area contributed by atoms with Gasteiger partial charge in [-0.1, -0.05) is 0 Å². The van der Waals surface area contributed by atoms with Crippen LogP contribution < -0.4 is 11.5 Å². The molecule has 0 aromatic rings. The second-order valence-electron chi connectivity index (χ2n) is 6.81. The van der Waals surface area contributed by atoms with E-state index in [1.807, 2.05) is 19.6 Å². The predicted molar refractivity (Wildman–Crippen MR) is 83.9 cm³/mol. The van der Waals surface area contributed by atoms with Crippen LogP contribution in [-0.2, 0) is 13.6 Å². The third kappa shape index (κ3) is 10.3. The van der Waals surface area contributed by atoms with E-state index in [-0.39, 0.29) is 12.1 Å². The van der Waals surface area contributed by atoms with Gasteiger partial charge in [-0.05, 0) is 52.1 Å². The third-order valence-electron chi connectivity index (χ3n) is 2.29. The fourth-order valence-corrected chi connectivity index (χ4v) is 3.55. The Hall–Kier alpha value is -0.216. The molecule has 0 rings (SSSR count). The molecule has 4 N–H and O–H groups in total. The summed E-state index contributed by atoms with van der Waals surface area (Å²) in [5.74, 6) is -0.303. The number of hydrogen-bond donors (Lipinski definition) is 2. The normalized spacial score (nSPS) is 16.0. The maximum absolute atomic E-state index is 11.8. The quantitative estimate of drug-likeness (QED) is 0.666. The maximum atomic E-state index is 11.8. The number of rotatable bonds is 8. The number of hydrogen-bond acceptors (Lipinski definition) is 5. The molecule has 0 amide bonds. The largest absolute Gasteiger partial charge is 0.519 e. The molecule has 0 radical (unpaired) electrons. The highest BCUT2D eigenvalue weighted by Crippen LogP contribution is 2.13. The van der Waals surface area contributed by atoms with E-state index in [2.05, 4.69) is 19.6 Å². The van der Waals surface area contributed by atoms with E-state index in [9.17, 15) is 4.79 Å². The Morgan fingerprint density at radius 1 is 1.05 bits per heavy atom. The van der Waals surface area contributed by atoms with E-state index in [0.717, 1.165) is 0 Å². The molecule has 0 aromatic carbocycles. The van der Waals surface area contributed by atoms with Gasteiger partial charge in [0.2, 0.25) is 8.32 Å². The smallest absolute Gasteiger partial charge is 0.309 e. The lowest BCUT2D eigenvalue weighted by molar-refractivity contribution is -0.136. The molecular formula is C12H30N2O3Si2. The van der Waals surface area contributed by atoms with E-state index in [4.69, 9.17) is 20.3 Å². The Balaban J connectivity index is 4.19. The van der Waals surface area contributed by atoms with Crippen molar-refractivity contribution in [3.05, 3.63) is 0 Å². The molecule has 0 aliphatic rings. The molecule has 0 saturated carbocycles. The molecule has 2 atom stereocenters. The predicted octanol–water partition coefficient (Wildman–Crippen LogP) is 1.65. The molecule has 114 valence electrons. The molecule has 0 aromatic heterocycles. The Morgan fingerprint density at radius 3 is 1.95 bits per heavy atom. The number of nitrogens with two attached hydrogens (primary N) is 2. The minimum Gasteiger partial charge on any atom is -0.519 e. The summed E-state index contributed by atoms with van der Waals surface area (Å²) in [5, 5.41) is 0. The Kier molecular flexibility index (Phi) is 7.45. The number of carbonyl (C=O) groups excluding carboxylic acids is 1. The van der Waals surface area contributed by atoms with E-state index in [1.54, 1.807) is 0 Å². The van der Waals surface area contributed by atoms with Gasteiger partial charge in [0.15, 0.2) is 8.32 Å². The summed E-state index contributed by atoms with van der Waals surface area (Å²) in [5.41, 5.74) is 11.5. The van der Waals surface area contributed by atoms with Gasteiger partial charge in [-0.2, -0.15) is 0 Å². The standard InChI is InChI=1S/C12H30N2O3Si2/c1-18(2,3)16-10(9-13)7-8-11(14)12(15)17-19(4,5)6/h10-11H,7-9,13-14H2,1-6H3/t10-,11?/m1/s1. The zero-order valence-electron chi connectivity index (χ0n) is 13.2. The lowest BCUT2D eigenvalue weighted by Gasteiger charge is -2.26. The van der Waals surface area contributed by atoms with E-state index < -0.39 is 22.7 Å². The summed E-state index contributed by atoms with van der Waals surface area (Å²) >= 11 is 0. The summed E-state index contributed by atoms with van der Waals surface area (Å²) in [6.45, 7) is 12.7. The molecule has 0 saturated heterocycles. The van der Waals surface area contributed by atoms with Crippen molar-refractivity contribution in [2.45, 2.75) is 64.3 Å². The molecule has 19 heavy (non-hydrogen) atoms.